The van der Waals surface area contributed by atoms with Crippen molar-refractivity contribution in [2.24, 2.45) is 5.92 Å². The first kappa shape index (κ1) is 14.5. The number of hydrogen-bond acceptors (Lipinski definition) is 2. The highest BCUT2D eigenvalue weighted by atomic mass is 16.2. The molecule has 100 valence electrons. The molecule has 3 heteroatoms. The second kappa shape index (κ2) is 7.70. The third-order valence-corrected chi connectivity index (χ3v) is 3.52. The maximum Gasteiger partial charge on any atom is 0.222 e. The SMILES string of the molecule is CCN(CC1CCCCN1)C(=O)CCC(C)C. The van der Waals surface area contributed by atoms with E-state index in [0.717, 1.165) is 26.1 Å². The van der Waals surface area contributed by atoms with Gasteiger partial charge in [0.05, 0.1) is 0 Å². The number of hydrogen-bond donors (Lipinski definition) is 1. The lowest BCUT2D eigenvalue weighted by molar-refractivity contribution is -0.131. The van der Waals surface area contributed by atoms with Crippen molar-refractivity contribution >= 4 is 5.91 Å². The zero-order chi connectivity index (χ0) is 12.7. The fraction of sp³-hybridized carbons (Fsp3) is 0.929. The lowest BCUT2D eigenvalue weighted by Crippen LogP contribution is -2.45. The van der Waals surface area contributed by atoms with Gasteiger partial charge in [0.1, 0.15) is 0 Å². The summed E-state index contributed by atoms with van der Waals surface area (Å²) in [4.78, 5) is 14.1. The Kier molecular flexibility index (Phi) is 6.56. The highest BCUT2D eigenvalue weighted by Gasteiger charge is 2.19. The number of carbonyl (C=O) groups is 1. The number of likely N-dealkylation sites (N-methyl/N-ethyl adjacent to an activating group) is 1. The van der Waals surface area contributed by atoms with Crippen molar-refractivity contribution < 1.29 is 4.79 Å². The van der Waals surface area contributed by atoms with Crippen molar-refractivity contribution in [3.8, 4) is 0 Å². The zero-order valence-corrected chi connectivity index (χ0v) is 11.7. The van der Waals surface area contributed by atoms with E-state index in [1.165, 1.54) is 19.3 Å². The largest absolute Gasteiger partial charge is 0.341 e. The van der Waals surface area contributed by atoms with Crippen LogP contribution in [0.25, 0.3) is 0 Å². The topological polar surface area (TPSA) is 32.3 Å². The first-order valence-electron chi connectivity index (χ1n) is 7.14. The van der Waals surface area contributed by atoms with Crippen molar-refractivity contribution in [3.05, 3.63) is 0 Å². The number of amides is 1. The van der Waals surface area contributed by atoms with Crippen molar-refractivity contribution in [1.29, 1.82) is 0 Å². The Morgan fingerprint density at radius 2 is 2.18 bits per heavy atom. The Labute approximate surface area is 106 Å². The summed E-state index contributed by atoms with van der Waals surface area (Å²) in [5.74, 6) is 0.944. The van der Waals surface area contributed by atoms with E-state index in [2.05, 4.69) is 26.1 Å². The molecule has 1 saturated heterocycles. The summed E-state index contributed by atoms with van der Waals surface area (Å²) < 4.78 is 0. The van der Waals surface area contributed by atoms with Gasteiger partial charge < -0.3 is 10.2 Å². The van der Waals surface area contributed by atoms with Crippen LogP contribution in [-0.4, -0.2) is 36.5 Å². The minimum absolute atomic E-state index is 0.327. The normalized spacial score (nSPS) is 20.6. The van der Waals surface area contributed by atoms with Gasteiger partial charge in [-0.25, -0.2) is 0 Å². The lowest BCUT2D eigenvalue weighted by Gasteiger charge is -2.30. The average molecular weight is 240 g/mol. The summed E-state index contributed by atoms with van der Waals surface area (Å²) in [6.07, 6.45) is 5.51. The lowest BCUT2D eigenvalue weighted by atomic mass is 10.0. The van der Waals surface area contributed by atoms with Crippen molar-refractivity contribution in [1.82, 2.24) is 10.2 Å². The van der Waals surface area contributed by atoms with E-state index < -0.39 is 0 Å². The fourth-order valence-electron chi connectivity index (χ4n) is 2.32. The van der Waals surface area contributed by atoms with Crippen molar-refractivity contribution in [2.45, 2.75) is 58.9 Å². The molecule has 3 nitrogen and oxygen atoms in total. The number of nitrogens with one attached hydrogen (secondary N) is 1. The van der Waals surface area contributed by atoms with E-state index in [9.17, 15) is 4.79 Å². The molecule has 0 radical (unpaired) electrons. The summed E-state index contributed by atoms with van der Waals surface area (Å²) in [6.45, 7) is 9.28. The van der Waals surface area contributed by atoms with Crippen molar-refractivity contribution in [2.75, 3.05) is 19.6 Å². The van der Waals surface area contributed by atoms with Gasteiger partial charge in [-0.2, -0.15) is 0 Å². The summed E-state index contributed by atoms with van der Waals surface area (Å²) in [7, 11) is 0. The molecule has 0 aromatic heterocycles. The molecular formula is C14H28N2O. The highest BCUT2D eigenvalue weighted by molar-refractivity contribution is 5.76. The van der Waals surface area contributed by atoms with E-state index in [0.29, 0.717) is 24.3 Å². The van der Waals surface area contributed by atoms with Gasteiger partial charge in [-0.1, -0.05) is 20.3 Å². The monoisotopic (exact) mass is 240 g/mol. The summed E-state index contributed by atoms with van der Waals surface area (Å²) in [5.41, 5.74) is 0. The third-order valence-electron chi connectivity index (χ3n) is 3.52. The molecule has 1 amide bonds. The highest BCUT2D eigenvalue weighted by Crippen LogP contribution is 2.11. The van der Waals surface area contributed by atoms with E-state index in [-0.39, 0.29) is 0 Å². The summed E-state index contributed by atoms with van der Waals surface area (Å²) >= 11 is 0. The van der Waals surface area contributed by atoms with Gasteiger partial charge in [-0.15, -0.1) is 0 Å². The Bertz CT molecular complexity index is 222. The van der Waals surface area contributed by atoms with Crippen LogP contribution in [0.4, 0.5) is 0 Å². The molecule has 17 heavy (non-hydrogen) atoms. The van der Waals surface area contributed by atoms with E-state index in [1.54, 1.807) is 0 Å². The van der Waals surface area contributed by atoms with Crippen LogP contribution in [-0.2, 0) is 4.79 Å². The molecule has 1 N–H and O–H groups in total. The van der Waals surface area contributed by atoms with Gasteiger partial charge in [0.25, 0.3) is 0 Å². The number of nitrogens with zero attached hydrogens (tertiary/aromatic N) is 1. The van der Waals surface area contributed by atoms with E-state index in [1.807, 2.05) is 4.90 Å². The van der Waals surface area contributed by atoms with Crippen LogP contribution < -0.4 is 5.32 Å². The van der Waals surface area contributed by atoms with Crippen LogP contribution in [0.1, 0.15) is 52.9 Å². The summed E-state index contributed by atoms with van der Waals surface area (Å²) in [6, 6.07) is 0.520. The summed E-state index contributed by atoms with van der Waals surface area (Å²) in [5, 5.41) is 3.51. The molecule has 1 aliphatic heterocycles. The minimum Gasteiger partial charge on any atom is -0.341 e. The van der Waals surface area contributed by atoms with E-state index >= 15 is 0 Å². The van der Waals surface area contributed by atoms with Gasteiger partial charge in [0.2, 0.25) is 5.91 Å². The van der Waals surface area contributed by atoms with Gasteiger partial charge in [-0.3, -0.25) is 4.79 Å². The number of carbonyl (C=O) groups excluding carboxylic acids is 1. The Morgan fingerprint density at radius 1 is 1.41 bits per heavy atom. The van der Waals surface area contributed by atoms with Crippen LogP contribution in [0.2, 0.25) is 0 Å². The molecule has 1 heterocycles. The fourth-order valence-corrected chi connectivity index (χ4v) is 2.32. The van der Waals surface area contributed by atoms with Gasteiger partial charge in [0.15, 0.2) is 0 Å². The molecule has 0 spiro atoms. The van der Waals surface area contributed by atoms with Gasteiger partial charge in [-0.05, 0) is 38.6 Å². The van der Waals surface area contributed by atoms with Crippen molar-refractivity contribution in [3.63, 3.8) is 0 Å². The molecule has 1 rings (SSSR count). The van der Waals surface area contributed by atoms with Crippen LogP contribution in [0.3, 0.4) is 0 Å². The quantitative estimate of drug-likeness (QED) is 0.773. The van der Waals surface area contributed by atoms with Crippen LogP contribution in [0.15, 0.2) is 0 Å². The maximum absolute atomic E-state index is 12.1. The molecule has 0 aliphatic carbocycles. The molecule has 0 bridgehead atoms. The Morgan fingerprint density at radius 3 is 2.71 bits per heavy atom. The van der Waals surface area contributed by atoms with Gasteiger partial charge >= 0.3 is 0 Å². The third kappa shape index (κ3) is 5.53. The van der Waals surface area contributed by atoms with Crippen LogP contribution in [0.5, 0.6) is 0 Å². The smallest absolute Gasteiger partial charge is 0.222 e. The first-order valence-corrected chi connectivity index (χ1v) is 7.14. The predicted molar refractivity (Wildman–Crippen MR) is 72.0 cm³/mol. The predicted octanol–water partition coefficient (Wildman–Crippen LogP) is 2.41. The van der Waals surface area contributed by atoms with Crippen LogP contribution >= 0.6 is 0 Å². The first-order chi connectivity index (χ1) is 8.13. The molecule has 1 atom stereocenters. The zero-order valence-electron chi connectivity index (χ0n) is 11.7. The Hall–Kier alpha value is -0.570. The molecule has 1 aliphatic rings. The second-order valence-electron chi connectivity index (χ2n) is 5.51. The second-order valence-corrected chi connectivity index (χ2v) is 5.51. The average Bonchev–Trinajstić information content (AvgIpc) is 2.34. The molecule has 0 saturated carbocycles. The van der Waals surface area contributed by atoms with Gasteiger partial charge in [0, 0.05) is 25.6 Å². The number of piperidine rings is 1. The van der Waals surface area contributed by atoms with E-state index in [4.69, 9.17) is 0 Å². The number of rotatable bonds is 6. The Balaban J connectivity index is 2.32. The molecule has 1 fully saturated rings. The standard InChI is InChI=1S/C14H28N2O/c1-4-16(14(17)9-8-12(2)3)11-13-7-5-6-10-15-13/h12-13,15H,4-11H2,1-3H3. The molecule has 0 aromatic rings. The minimum atomic E-state index is 0.327. The molecular weight excluding hydrogens is 212 g/mol. The van der Waals surface area contributed by atoms with Crippen LogP contribution in [0, 0.1) is 5.92 Å². The molecule has 1 unspecified atom stereocenters. The molecule has 0 aromatic carbocycles. The maximum atomic E-state index is 12.1.